The van der Waals surface area contributed by atoms with Crippen molar-refractivity contribution >= 4 is 22.6 Å². The summed E-state index contributed by atoms with van der Waals surface area (Å²) in [5, 5.41) is 17.9. The third kappa shape index (κ3) is 2.74. The van der Waals surface area contributed by atoms with E-state index in [1.165, 1.54) is 5.56 Å². The second-order valence-corrected chi connectivity index (χ2v) is 7.15. The zero-order chi connectivity index (χ0) is 14.1. The molecule has 0 unspecified atom stereocenters. The van der Waals surface area contributed by atoms with E-state index in [4.69, 9.17) is 0 Å². The van der Waals surface area contributed by atoms with Gasteiger partial charge < -0.3 is 5.11 Å². The van der Waals surface area contributed by atoms with Crippen LogP contribution >= 0.6 is 22.6 Å². The van der Waals surface area contributed by atoms with E-state index in [0.29, 0.717) is 15.9 Å². The van der Waals surface area contributed by atoms with Gasteiger partial charge in [0.15, 0.2) is 0 Å². The van der Waals surface area contributed by atoms with Gasteiger partial charge >= 0.3 is 0 Å². The molecule has 0 bridgehead atoms. The molecule has 4 nitrogen and oxygen atoms in total. The minimum absolute atomic E-state index is 0.273. The highest BCUT2D eigenvalue weighted by atomic mass is 127. The summed E-state index contributed by atoms with van der Waals surface area (Å²) < 4.78 is 2.49. The number of benzene rings is 1. The standard InChI is InChI=1S/C15H18IN3O/c1-10-2-4-12(5-3-10)14-8-19(18-17-14)15-7-11(9-20)6-13(15)16/h2-5,8,11,13,15,20H,6-7,9H2,1H3/t11-,13-,15-/m1/s1. The summed E-state index contributed by atoms with van der Waals surface area (Å²) in [7, 11) is 0. The smallest absolute Gasteiger partial charge is 0.113 e. The molecule has 1 heterocycles. The lowest BCUT2D eigenvalue weighted by Gasteiger charge is -2.13. The highest BCUT2D eigenvalue weighted by Gasteiger charge is 2.34. The molecule has 106 valence electrons. The van der Waals surface area contributed by atoms with Gasteiger partial charge in [-0.1, -0.05) is 57.6 Å². The monoisotopic (exact) mass is 383 g/mol. The van der Waals surface area contributed by atoms with Gasteiger partial charge in [0, 0.05) is 16.1 Å². The highest BCUT2D eigenvalue weighted by molar-refractivity contribution is 14.1. The third-order valence-electron chi connectivity index (χ3n) is 4.01. The molecule has 2 aromatic rings. The Morgan fingerprint density at radius 3 is 2.70 bits per heavy atom. The van der Waals surface area contributed by atoms with E-state index in [9.17, 15) is 5.11 Å². The largest absolute Gasteiger partial charge is 0.396 e. The fraction of sp³-hybridized carbons (Fsp3) is 0.467. The number of aryl methyl sites for hydroxylation is 1. The number of halogens is 1. The fourth-order valence-corrected chi connectivity index (χ4v) is 4.12. The predicted octanol–water partition coefficient (Wildman–Crippen LogP) is 3.00. The molecule has 20 heavy (non-hydrogen) atoms. The molecule has 0 saturated heterocycles. The number of aliphatic hydroxyl groups is 1. The minimum atomic E-state index is 0.273. The topological polar surface area (TPSA) is 50.9 Å². The molecule has 1 aliphatic rings. The van der Waals surface area contributed by atoms with Crippen LogP contribution in [0.25, 0.3) is 11.3 Å². The van der Waals surface area contributed by atoms with E-state index in [1.807, 2.05) is 10.9 Å². The molecule has 1 aromatic heterocycles. The van der Waals surface area contributed by atoms with E-state index in [2.05, 4.69) is 64.1 Å². The average molecular weight is 383 g/mol. The molecule has 5 heteroatoms. The number of aromatic nitrogens is 3. The maximum absolute atomic E-state index is 9.31. The van der Waals surface area contributed by atoms with Crippen LogP contribution < -0.4 is 0 Å². The predicted molar refractivity (Wildman–Crippen MR) is 86.8 cm³/mol. The van der Waals surface area contributed by atoms with Gasteiger partial charge in [0.25, 0.3) is 0 Å². The lowest BCUT2D eigenvalue weighted by atomic mass is 10.1. The first-order valence-electron chi connectivity index (χ1n) is 6.91. The molecule has 1 aliphatic carbocycles. The Morgan fingerprint density at radius 1 is 1.30 bits per heavy atom. The van der Waals surface area contributed by atoms with Crippen molar-refractivity contribution in [3.05, 3.63) is 36.0 Å². The fourth-order valence-electron chi connectivity index (χ4n) is 2.78. The van der Waals surface area contributed by atoms with Crippen molar-refractivity contribution in [3.8, 4) is 11.3 Å². The SMILES string of the molecule is Cc1ccc(-c2cn([C@@H]3C[C@H](CO)C[C@H]3I)nn2)cc1. The van der Waals surface area contributed by atoms with E-state index < -0.39 is 0 Å². The van der Waals surface area contributed by atoms with Crippen LogP contribution in [0.2, 0.25) is 0 Å². The number of hydrogen-bond acceptors (Lipinski definition) is 3. The van der Waals surface area contributed by atoms with Crippen LogP contribution in [0.5, 0.6) is 0 Å². The van der Waals surface area contributed by atoms with Crippen molar-refractivity contribution in [3.63, 3.8) is 0 Å². The van der Waals surface area contributed by atoms with Gasteiger partial charge in [-0.15, -0.1) is 5.10 Å². The van der Waals surface area contributed by atoms with Crippen LogP contribution in [0, 0.1) is 12.8 Å². The highest BCUT2D eigenvalue weighted by Crippen LogP contribution is 2.39. The van der Waals surface area contributed by atoms with Gasteiger partial charge in [-0.2, -0.15) is 0 Å². The summed E-state index contributed by atoms with van der Waals surface area (Å²) in [5.74, 6) is 0.397. The number of alkyl halides is 1. The van der Waals surface area contributed by atoms with Gasteiger partial charge in [-0.05, 0) is 25.7 Å². The third-order valence-corrected chi connectivity index (χ3v) is 5.35. The van der Waals surface area contributed by atoms with Crippen LogP contribution in [-0.2, 0) is 0 Å². The second kappa shape index (κ2) is 5.81. The van der Waals surface area contributed by atoms with Gasteiger partial charge in [0.05, 0.1) is 12.2 Å². The van der Waals surface area contributed by atoms with E-state index in [-0.39, 0.29) is 6.61 Å². The molecule has 0 aliphatic heterocycles. The molecule has 1 fully saturated rings. The van der Waals surface area contributed by atoms with E-state index in [1.54, 1.807) is 0 Å². The first-order valence-corrected chi connectivity index (χ1v) is 8.15. The average Bonchev–Trinajstić information content (AvgIpc) is 3.06. The molecule has 3 rings (SSSR count). The molecule has 3 atom stereocenters. The van der Waals surface area contributed by atoms with Gasteiger partial charge in [-0.25, -0.2) is 4.68 Å². The quantitative estimate of drug-likeness (QED) is 0.655. The number of nitrogens with zero attached hydrogens (tertiary/aromatic N) is 3. The Balaban J connectivity index is 1.82. The van der Waals surface area contributed by atoms with Crippen LogP contribution in [-0.4, -0.2) is 30.6 Å². The molecular formula is C15H18IN3O. The minimum Gasteiger partial charge on any atom is -0.396 e. The maximum atomic E-state index is 9.31. The molecular weight excluding hydrogens is 365 g/mol. The van der Waals surface area contributed by atoms with E-state index >= 15 is 0 Å². The van der Waals surface area contributed by atoms with Crippen LogP contribution in [0.4, 0.5) is 0 Å². The second-order valence-electron chi connectivity index (χ2n) is 5.55. The molecule has 1 saturated carbocycles. The lowest BCUT2D eigenvalue weighted by molar-refractivity contribution is 0.225. The molecule has 1 N–H and O–H groups in total. The Bertz CT molecular complexity index is 581. The Kier molecular flexibility index (Phi) is 4.07. The summed E-state index contributed by atoms with van der Waals surface area (Å²) in [6, 6.07) is 8.69. The van der Waals surface area contributed by atoms with E-state index in [0.717, 1.165) is 24.1 Å². The number of rotatable bonds is 3. The molecule has 0 amide bonds. The van der Waals surface area contributed by atoms with Crippen molar-refractivity contribution in [1.82, 2.24) is 15.0 Å². The Labute approximate surface area is 132 Å². The van der Waals surface area contributed by atoms with Crippen molar-refractivity contribution < 1.29 is 5.11 Å². The molecule has 0 radical (unpaired) electrons. The number of hydrogen-bond donors (Lipinski definition) is 1. The molecule has 0 spiro atoms. The maximum Gasteiger partial charge on any atom is 0.113 e. The summed E-state index contributed by atoms with van der Waals surface area (Å²) in [4.78, 5) is 0. The first-order chi connectivity index (χ1) is 9.67. The van der Waals surface area contributed by atoms with Crippen molar-refractivity contribution in [1.29, 1.82) is 0 Å². The van der Waals surface area contributed by atoms with Crippen molar-refractivity contribution in [2.75, 3.05) is 6.61 Å². The summed E-state index contributed by atoms with van der Waals surface area (Å²) in [6.07, 6.45) is 4.07. The lowest BCUT2D eigenvalue weighted by Crippen LogP contribution is -2.14. The summed E-state index contributed by atoms with van der Waals surface area (Å²) in [5.41, 5.74) is 3.26. The summed E-state index contributed by atoms with van der Waals surface area (Å²) in [6.45, 7) is 2.35. The van der Waals surface area contributed by atoms with Gasteiger partial charge in [0.2, 0.25) is 0 Å². The zero-order valence-electron chi connectivity index (χ0n) is 11.4. The van der Waals surface area contributed by atoms with Crippen molar-refractivity contribution in [2.45, 2.75) is 29.7 Å². The van der Waals surface area contributed by atoms with Gasteiger partial charge in [-0.3, -0.25) is 0 Å². The van der Waals surface area contributed by atoms with Crippen molar-refractivity contribution in [2.24, 2.45) is 5.92 Å². The first kappa shape index (κ1) is 14.0. The van der Waals surface area contributed by atoms with Gasteiger partial charge in [0.1, 0.15) is 5.69 Å². The zero-order valence-corrected chi connectivity index (χ0v) is 13.6. The van der Waals surface area contributed by atoms with Crippen LogP contribution in [0.1, 0.15) is 24.4 Å². The molecule has 1 aromatic carbocycles. The summed E-state index contributed by atoms with van der Waals surface area (Å²) >= 11 is 2.46. The van der Waals surface area contributed by atoms with Crippen LogP contribution in [0.15, 0.2) is 30.5 Å². The Hall–Kier alpha value is -0.950. The Morgan fingerprint density at radius 2 is 2.05 bits per heavy atom. The number of aliphatic hydroxyl groups excluding tert-OH is 1. The van der Waals surface area contributed by atoms with Crippen LogP contribution in [0.3, 0.4) is 0 Å². The normalized spacial score (nSPS) is 26.1.